The normalized spacial score (nSPS) is 9.47. The molecule has 3 N–H and O–H groups in total. The third kappa shape index (κ3) is 6.52. The van der Waals surface area contributed by atoms with E-state index < -0.39 is 0 Å². The minimum atomic E-state index is -0.168. The summed E-state index contributed by atoms with van der Waals surface area (Å²) in [4.78, 5) is 10.6. The van der Waals surface area contributed by atoms with Crippen LogP contribution < -0.4 is 16.2 Å². The molecule has 1 amide bonds. The van der Waals surface area contributed by atoms with Crippen molar-refractivity contribution in [3.8, 4) is 0 Å². The van der Waals surface area contributed by atoms with E-state index in [4.69, 9.17) is 12.2 Å². The first kappa shape index (κ1) is 13.4. The highest BCUT2D eigenvalue weighted by atomic mass is 32.1. The maximum absolute atomic E-state index is 10.6. The SMILES string of the molecule is CC(=O)NNC(=S)NCCCc1ccccc1. The molecule has 17 heavy (non-hydrogen) atoms. The number of carbonyl (C=O) groups excluding carboxylic acids is 1. The molecule has 0 fully saturated rings. The monoisotopic (exact) mass is 251 g/mol. The Morgan fingerprint density at radius 1 is 1.24 bits per heavy atom. The molecule has 0 radical (unpaired) electrons. The van der Waals surface area contributed by atoms with Gasteiger partial charge in [0.05, 0.1) is 0 Å². The van der Waals surface area contributed by atoms with Gasteiger partial charge in [-0.1, -0.05) is 30.3 Å². The molecule has 0 atom stereocenters. The lowest BCUT2D eigenvalue weighted by molar-refractivity contribution is -0.119. The molecule has 1 rings (SSSR count). The molecule has 0 aliphatic heterocycles. The van der Waals surface area contributed by atoms with E-state index in [1.54, 1.807) is 0 Å². The number of hydrogen-bond donors (Lipinski definition) is 3. The van der Waals surface area contributed by atoms with Crippen molar-refractivity contribution < 1.29 is 4.79 Å². The predicted molar refractivity (Wildman–Crippen MR) is 72.3 cm³/mol. The predicted octanol–water partition coefficient (Wildman–Crippen LogP) is 1.13. The summed E-state index contributed by atoms with van der Waals surface area (Å²) in [5.41, 5.74) is 6.33. The van der Waals surface area contributed by atoms with Crippen LogP contribution in [-0.4, -0.2) is 17.6 Å². The molecule has 0 saturated carbocycles. The van der Waals surface area contributed by atoms with Crippen LogP contribution in [-0.2, 0) is 11.2 Å². The van der Waals surface area contributed by atoms with Gasteiger partial charge < -0.3 is 5.32 Å². The van der Waals surface area contributed by atoms with E-state index in [-0.39, 0.29) is 5.91 Å². The van der Waals surface area contributed by atoms with E-state index >= 15 is 0 Å². The fourth-order valence-electron chi connectivity index (χ4n) is 1.33. The number of carbonyl (C=O) groups is 1. The van der Waals surface area contributed by atoms with E-state index in [0.29, 0.717) is 5.11 Å². The van der Waals surface area contributed by atoms with E-state index in [1.165, 1.54) is 12.5 Å². The van der Waals surface area contributed by atoms with Crippen molar-refractivity contribution in [3.63, 3.8) is 0 Å². The third-order valence-corrected chi connectivity index (χ3v) is 2.37. The van der Waals surface area contributed by atoms with Crippen LogP contribution in [0, 0.1) is 0 Å². The molecule has 92 valence electrons. The Hall–Kier alpha value is -1.62. The van der Waals surface area contributed by atoms with E-state index in [0.717, 1.165) is 19.4 Å². The number of thiocarbonyl (C=S) groups is 1. The van der Waals surface area contributed by atoms with Gasteiger partial charge in [-0.25, -0.2) is 0 Å². The quantitative estimate of drug-likeness (QED) is 0.427. The molecule has 0 heterocycles. The van der Waals surface area contributed by atoms with Crippen LogP contribution in [0.2, 0.25) is 0 Å². The van der Waals surface area contributed by atoms with Crippen LogP contribution in [0.25, 0.3) is 0 Å². The van der Waals surface area contributed by atoms with Crippen molar-refractivity contribution in [2.45, 2.75) is 19.8 Å². The maximum atomic E-state index is 10.6. The Balaban J connectivity index is 2.08. The zero-order valence-corrected chi connectivity index (χ0v) is 10.6. The topological polar surface area (TPSA) is 53.2 Å². The first-order valence-electron chi connectivity index (χ1n) is 5.53. The lowest BCUT2D eigenvalue weighted by atomic mass is 10.1. The van der Waals surface area contributed by atoms with Crippen LogP contribution in [0.1, 0.15) is 18.9 Å². The second-order valence-electron chi connectivity index (χ2n) is 3.65. The number of hydrogen-bond acceptors (Lipinski definition) is 2. The highest BCUT2D eigenvalue weighted by Crippen LogP contribution is 2.01. The van der Waals surface area contributed by atoms with Crippen molar-refractivity contribution in [1.29, 1.82) is 0 Å². The van der Waals surface area contributed by atoms with Crippen molar-refractivity contribution in [2.75, 3.05) is 6.54 Å². The molecule has 1 aromatic carbocycles. The molecular weight excluding hydrogens is 234 g/mol. The van der Waals surface area contributed by atoms with Gasteiger partial charge in [0.2, 0.25) is 5.91 Å². The van der Waals surface area contributed by atoms with E-state index in [1.807, 2.05) is 18.2 Å². The van der Waals surface area contributed by atoms with Gasteiger partial charge in [0.25, 0.3) is 0 Å². The van der Waals surface area contributed by atoms with Crippen molar-refractivity contribution >= 4 is 23.2 Å². The van der Waals surface area contributed by atoms with Crippen molar-refractivity contribution in [1.82, 2.24) is 16.2 Å². The Kier molecular flexibility index (Phi) is 6.03. The fraction of sp³-hybridized carbons (Fsp3) is 0.333. The number of nitrogens with one attached hydrogen (secondary N) is 3. The van der Waals surface area contributed by atoms with Crippen LogP contribution in [0.3, 0.4) is 0 Å². The molecule has 5 heteroatoms. The average Bonchev–Trinajstić information content (AvgIpc) is 2.33. The van der Waals surface area contributed by atoms with E-state index in [2.05, 4.69) is 28.3 Å². The first-order valence-corrected chi connectivity index (χ1v) is 5.93. The number of rotatable bonds is 4. The van der Waals surface area contributed by atoms with Gasteiger partial charge in [-0.15, -0.1) is 0 Å². The first-order chi connectivity index (χ1) is 8.18. The second-order valence-corrected chi connectivity index (χ2v) is 4.06. The van der Waals surface area contributed by atoms with Gasteiger partial charge in [0.1, 0.15) is 0 Å². The van der Waals surface area contributed by atoms with Gasteiger partial charge in [-0.05, 0) is 30.6 Å². The average molecular weight is 251 g/mol. The number of benzene rings is 1. The van der Waals surface area contributed by atoms with Crippen LogP contribution in [0.4, 0.5) is 0 Å². The molecule has 0 aromatic heterocycles. The number of hydrazine groups is 1. The van der Waals surface area contributed by atoms with Gasteiger partial charge in [-0.3, -0.25) is 15.6 Å². The summed E-state index contributed by atoms with van der Waals surface area (Å²) >= 11 is 4.97. The van der Waals surface area contributed by atoms with Gasteiger partial charge in [-0.2, -0.15) is 0 Å². The highest BCUT2D eigenvalue weighted by molar-refractivity contribution is 7.80. The summed E-state index contributed by atoms with van der Waals surface area (Å²) in [6, 6.07) is 10.3. The molecule has 1 aromatic rings. The molecule has 0 unspecified atom stereocenters. The lowest BCUT2D eigenvalue weighted by Gasteiger charge is -2.10. The van der Waals surface area contributed by atoms with Crippen LogP contribution in [0.5, 0.6) is 0 Å². The summed E-state index contributed by atoms with van der Waals surface area (Å²) in [6.07, 6.45) is 2.00. The zero-order valence-electron chi connectivity index (χ0n) is 9.82. The van der Waals surface area contributed by atoms with Gasteiger partial charge >= 0.3 is 0 Å². The minimum absolute atomic E-state index is 0.168. The highest BCUT2D eigenvalue weighted by Gasteiger charge is 1.96. The summed E-state index contributed by atoms with van der Waals surface area (Å²) < 4.78 is 0. The van der Waals surface area contributed by atoms with Crippen molar-refractivity contribution in [3.05, 3.63) is 35.9 Å². The standard InChI is InChI=1S/C12H17N3OS/c1-10(16)14-15-12(17)13-9-5-8-11-6-3-2-4-7-11/h2-4,6-7H,5,8-9H2,1H3,(H,14,16)(H2,13,15,17). The Bertz CT molecular complexity index is 367. The third-order valence-electron chi connectivity index (χ3n) is 2.12. The Morgan fingerprint density at radius 3 is 2.59 bits per heavy atom. The van der Waals surface area contributed by atoms with Crippen LogP contribution >= 0.6 is 12.2 Å². The van der Waals surface area contributed by atoms with Crippen molar-refractivity contribution in [2.24, 2.45) is 0 Å². The lowest BCUT2D eigenvalue weighted by Crippen LogP contribution is -2.46. The summed E-state index contributed by atoms with van der Waals surface area (Å²) in [5.74, 6) is -0.168. The Labute approximate surface area is 107 Å². The molecule has 4 nitrogen and oxygen atoms in total. The second kappa shape index (κ2) is 7.62. The van der Waals surface area contributed by atoms with Gasteiger partial charge in [0, 0.05) is 13.5 Å². The summed E-state index contributed by atoms with van der Waals surface area (Å²) in [6.45, 7) is 2.20. The minimum Gasteiger partial charge on any atom is -0.361 e. The molecule has 0 saturated heterocycles. The van der Waals surface area contributed by atoms with Gasteiger partial charge in [0.15, 0.2) is 5.11 Å². The smallest absolute Gasteiger partial charge is 0.235 e. The number of aryl methyl sites for hydroxylation is 1. The molecule has 0 aliphatic carbocycles. The Morgan fingerprint density at radius 2 is 1.94 bits per heavy atom. The maximum Gasteiger partial charge on any atom is 0.235 e. The number of amides is 1. The largest absolute Gasteiger partial charge is 0.361 e. The fourth-order valence-corrected chi connectivity index (χ4v) is 1.48. The van der Waals surface area contributed by atoms with Crippen LogP contribution in [0.15, 0.2) is 30.3 Å². The molecule has 0 aliphatic rings. The molecular formula is C12H17N3OS. The molecule has 0 spiro atoms. The zero-order chi connectivity index (χ0) is 12.5. The summed E-state index contributed by atoms with van der Waals surface area (Å²) in [5, 5.41) is 3.45. The molecule has 0 bridgehead atoms. The summed E-state index contributed by atoms with van der Waals surface area (Å²) in [7, 11) is 0. The van der Waals surface area contributed by atoms with E-state index in [9.17, 15) is 4.79 Å².